The van der Waals surface area contributed by atoms with Gasteiger partial charge in [-0.15, -0.1) is 0 Å². The van der Waals surface area contributed by atoms with Gasteiger partial charge in [0.05, 0.1) is 121 Å². The number of rotatable bonds is 21. The molecule has 0 unspecified atom stereocenters. The molecule has 9 heterocycles. The third-order valence-electron chi connectivity index (χ3n) is 28.3. The maximum Gasteiger partial charge on any atom is 0.299 e. The van der Waals surface area contributed by atoms with Gasteiger partial charge in [-0.05, 0) is 282 Å². The molecule has 9 amide bonds. The molecular formula is C117H84N10O21. The van der Waals surface area contributed by atoms with Crippen molar-refractivity contribution in [1.82, 2.24) is 0 Å². The van der Waals surface area contributed by atoms with E-state index in [1.165, 1.54) is 65.4 Å². The van der Waals surface area contributed by atoms with Crippen molar-refractivity contribution in [3.63, 3.8) is 0 Å². The lowest BCUT2D eigenvalue weighted by Crippen LogP contribution is -2.32. The highest BCUT2D eigenvalue weighted by atomic mass is 16.5. The van der Waals surface area contributed by atoms with Crippen LogP contribution in [0.5, 0.6) is 0 Å². The number of Topliss-reactive ketones (excluding diaryl/α,β-unsaturated/α-hetero) is 9. The van der Waals surface area contributed by atoms with Gasteiger partial charge < -0.3 is 63.2 Å². The number of benzene rings is 14. The fraction of sp³-hybridized carbons (Fsp3) is 0.128. The molecule has 728 valence electrons. The van der Waals surface area contributed by atoms with Crippen molar-refractivity contribution in [3.8, 4) is 100 Å². The Hall–Kier alpha value is -19.0. The van der Waals surface area contributed by atoms with Gasteiger partial charge >= 0.3 is 0 Å². The summed E-state index contributed by atoms with van der Waals surface area (Å²) >= 11 is 0. The molecule has 31 heteroatoms. The lowest BCUT2D eigenvalue weighted by atomic mass is 9.91. The van der Waals surface area contributed by atoms with E-state index in [0.29, 0.717) is 135 Å². The SMILES string of the molecule is CN1C(=O)C(=O)c2cc(-c3cc(-c4ccc5c(c4)C(=O)C(=O)N5C)cc(-c4ccc5c(c4)C(=O)C(=O)N5C)c3)ccc21.CN1C(=O)C(=O)c2cc(-c3ccc(N(c4ccc(-c5ccc6c(c5)C(=O)C(=O)N6C)cc4)c4ccc(-c5ccc6c(c5)C(=O)C(=O)N6C)cc4)cc3)ccc21.COCCN1C(=O)C(=O)c2cc(-c3cc(-c4ccc5c(c4)C(=O)C(=O)N5CCOC)cc(-c4ccc5c(c4)C(=O)C(=O)N5CCOC)c3)ccc21. The summed E-state index contributed by atoms with van der Waals surface area (Å²) in [5.74, 6) is -10.4. The van der Waals surface area contributed by atoms with Gasteiger partial charge in [-0.25, -0.2) is 0 Å². The summed E-state index contributed by atoms with van der Waals surface area (Å²) in [4.78, 5) is 242. The van der Waals surface area contributed by atoms with Crippen molar-refractivity contribution in [1.29, 1.82) is 0 Å². The smallest absolute Gasteiger partial charge is 0.299 e. The Kier molecular flexibility index (Phi) is 23.9. The van der Waals surface area contributed by atoms with Crippen LogP contribution in [0, 0.1) is 0 Å². The number of nitrogens with zero attached hydrogens (tertiary/aromatic N) is 10. The first-order valence-corrected chi connectivity index (χ1v) is 46.9. The van der Waals surface area contributed by atoms with Crippen LogP contribution in [-0.2, 0) is 57.4 Å². The molecule has 31 nitrogen and oxygen atoms in total. The molecule has 14 aromatic rings. The van der Waals surface area contributed by atoms with Crippen LogP contribution in [0.3, 0.4) is 0 Å². The van der Waals surface area contributed by atoms with E-state index in [9.17, 15) is 86.3 Å². The summed E-state index contributed by atoms with van der Waals surface area (Å²) in [6.07, 6.45) is 0. The third-order valence-corrected chi connectivity index (χ3v) is 28.3. The zero-order valence-corrected chi connectivity index (χ0v) is 80.8. The van der Waals surface area contributed by atoms with Crippen LogP contribution in [0.2, 0.25) is 0 Å². The van der Waals surface area contributed by atoms with E-state index in [0.717, 1.165) is 67.1 Å². The minimum atomic E-state index is -0.623. The quantitative estimate of drug-likeness (QED) is 0.0603. The van der Waals surface area contributed by atoms with Crippen LogP contribution in [0.15, 0.2) is 273 Å². The average molecular weight is 1970 g/mol. The Balaban J connectivity index is 0.000000131. The molecule has 0 bridgehead atoms. The van der Waals surface area contributed by atoms with E-state index in [4.69, 9.17) is 14.2 Å². The number of amides is 9. The number of fused-ring (bicyclic) bond motifs is 9. The van der Waals surface area contributed by atoms with E-state index in [1.54, 1.807) is 151 Å². The van der Waals surface area contributed by atoms with Crippen LogP contribution in [0.25, 0.3) is 100 Å². The van der Waals surface area contributed by atoms with E-state index in [1.807, 2.05) is 164 Å². The van der Waals surface area contributed by atoms with Crippen molar-refractivity contribution in [2.24, 2.45) is 0 Å². The zero-order valence-electron chi connectivity index (χ0n) is 80.8. The predicted octanol–water partition coefficient (Wildman–Crippen LogP) is 16.0. The number of carbonyl (C=O) groups excluding carboxylic acids is 18. The molecule has 0 aromatic heterocycles. The van der Waals surface area contributed by atoms with Crippen molar-refractivity contribution in [3.05, 3.63) is 323 Å². The molecule has 23 rings (SSSR count). The number of ketones is 9. The molecule has 0 fully saturated rings. The minimum absolute atomic E-state index is 0.234. The van der Waals surface area contributed by atoms with E-state index in [-0.39, 0.29) is 56.1 Å². The van der Waals surface area contributed by atoms with Gasteiger partial charge in [-0.1, -0.05) is 91.0 Å². The highest BCUT2D eigenvalue weighted by molar-refractivity contribution is 6.57. The van der Waals surface area contributed by atoms with Gasteiger partial charge in [-0.3, -0.25) is 86.3 Å². The number of ether oxygens (including phenoxy) is 3. The van der Waals surface area contributed by atoms with Crippen LogP contribution in [0.1, 0.15) is 93.2 Å². The molecule has 0 aliphatic carbocycles. The summed E-state index contributed by atoms with van der Waals surface area (Å²) in [5, 5.41) is 0. The molecule has 0 radical (unpaired) electrons. The van der Waals surface area contributed by atoms with Crippen molar-refractivity contribution in [2.45, 2.75) is 0 Å². The molecule has 148 heavy (non-hydrogen) atoms. The summed E-state index contributed by atoms with van der Waals surface area (Å²) in [7, 11) is 14.0. The molecule has 0 N–H and O–H groups in total. The van der Waals surface area contributed by atoms with Gasteiger partial charge in [-0.2, -0.15) is 0 Å². The Morgan fingerprint density at radius 1 is 0.169 bits per heavy atom. The van der Waals surface area contributed by atoms with Gasteiger partial charge in [0.25, 0.3) is 105 Å². The maximum atomic E-state index is 13.1. The van der Waals surface area contributed by atoms with Crippen molar-refractivity contribution < 1.29 is 101 Å². The van der Waals surface area contributed by atoms with E-state index in [2.05, 4.69) is 4.90 Å². The van der Waals surface area contributed by atoms with Gasteiger partial charge in [0.15, 0.2) is 0 Å². The third kappa shape index (κ3) is 15.9. The first kappa shape index (κ1) is 95.2. The number of methoxy groups -OCH3 is 3. The number of carbonyl (C=O) groups is 18. The Labute approximate surface area is 844 Å². The lowest BCUT2D eigenvalue weighted by molar-refractivity contribution is -0.115. The molecule has 0 atom stereocenters. The summed E-state index contributed by atoms with van der Waals surface area (Å²) < 4.78 is 15.4. The molecule has 0 spiro atoms. The van der Waals surface area contributed by atoms with E-state index < -0.39 is 105 Å². The number of likely N-dealkylation sites (N-methyl/N-ethyl adjacent to an activating group) is 6. The normalized spacial score (nSPS) is 15.0. The summed E-state index contributed by atoms with van der Waals surface area (Å²) in [5.41, 5.74) is 23.6. The molecule has 0 saturated carbocycles. The van der Waals surface area contributed by atoms with Crippen LogP contribution in [0.4, 0.5) is 68.2 Å². The lowest BCUT2D eigenvalue weighted by Gasteiger charge is -2.26. The fourth-order valence-corrected chi connectivity index (χ4v) is 20.2. The molecule has 9 aliphatic heterocycles. The van der Waals surface area contributed by atoms with Crippen LogP contribution in [-0.4, -0.2) is 208 Å². The largest absolute Gasteiger partial charge is 0.383 e. The first-order valence-electron chi connectivity index (χ1n) is 46.9. The molecule has 9 aliphatic rings. The number of hydrogen-bond acceptors (Lipinski definition) is 22. The van der Waals surface area contributed by atoms with Crippen LogP contribution < -0.4 is 49.0 Å². The number of hydrogen-bond donors (Lipinski definition) is 0. The van der Waals surface area contributed by atoms with Crippen LogP contribution >= 0.6 is 0 Å². The molecular weight excluding hydrogens is 1880 g/mol. The second-order valence-corrected chi connectivity index (χ2v) is 36.7. The van der Waals surface area contributed by atoms with Gasteiger partial charge in [0, 0.05) is 100 Å². The topological polar surface area (TPSA) is 367 Å². The first-order chi connectivity index (χ1) is 71.2. The fourth-order valence-electron chi connectivity index (χ4n) is 20.2. The zero-order chi connectivity index (χ0) is 104. The predicted molar refractivity (Wildman–Crippen MR) is 555 cm³/mol. The Morgan fingerprint density at radius 3 is 0.480 bits per heavy atom. The Bertz CT molecular complexity index is 7620. The molecule has 0 saturated heterocycles. The Morgan fingerprint density at radius 2 is 0.311 bits per heavy atom. The monoisotopic (exact) mass is 1960 g/mol. The van der Waals surface area contributed by atoms with Crippen molar-refractivity contribution >= 4 is 173 Å². The van der Waals surface area contributed by atoms with Gasteiger partial charge in [0.1, 0.15) is 0 Å². The number of anilines is 12. The maximum absolute atomic E-state index is 13.1. The minimum Gasteiger partial charge on any atom is -0.383 e. The van der Waals surface area contributed by atoms with Crippen molar-refractivity contribution in [2.75, 3.05) is 152 Å². The summed E-state index contributed by atoms with van der Waals surface area (Å²) in [6.45, 7) is 1.50. The standard InChI is InChI=1S/C45H30N4O6.C39H33N3O9.C33H21N3O6/c1-46-37-19-10-28(22-34(37)40(50)43(46)53)25-4-13-31(14-5-25)49(32-15-6-26(7-16-32)29-11-20-38-35(23-29)41(51)44(54)47(38)2)33-17-8-27(9-18-33)30-12-21-39-36(24-30)42(52)45(55)48(39)3;1-49-13-10-40-31-7-4-22(19-28(31)34(43)37(40)46)25-16-26(23-5-8-32-29(20-23)35(44)38(47)41(32)11-14-50-2)18-27(17-25)24-6-9-33-30(21-24)36(45)39(48)42(33)12-15-51-3;1-34-25-7-4-16(13-22(25)28(37)31(34)40)19-10-20(17-5-8-26-23(14-17)29(38)32(41)35(26)2)12-21(11-19)18-6-9-27-24(15-18)30(39)33(42)36(27)3/h4-24H,1-3H3;4-9,16-21H,10-15H2,1-3H3;4-15H,1-3H3. The van der Waals surface area contributed by atoms with E-state index >= 15 is 0 Å². The highest BCUT2D eigenvalue weighted by Gasteiger charge is 2.44. The highest BCUT2D eigenvalue weighted by Crippen LogP contribution is 2.48. The second kappa shape index (κ2) is 37.1. The molecule has 14 aromatic carbocycles. The summed E-state index contributed by atoms with van der Waals surface area (Å²) in [6, 6.07) is 82.9. The van der Waals surface area contributed by atoms with Gasteiger partial charge in [0.2, 0.25) is 0 Å². The average Bonchev–Trinajstić information content (AvgIpc) is 1.58. The second-order valence-electron chi connectivity index (χ2n) is 36.7.